The first-order valence-electron chi connectivity index (χ1n) is 7.20. The van der Waals surface area contributed by atoms with Gasteiger partial charge in [-0.25, -0.2) is 0 Å². The summed E-state index contributed by atoms with van der Waals surface area (Å²) in [5, 5.41) is 11.5. The summed E-state index contributed by atoms with van der Waals surface area (Å²) in [6.45, 7) is 1.01. The van der Waals surface area contributed by atoms with Crippen LogP contribution >= 0.6 is 27.3 Å². The highest BCUT2D eigenvalue weighted by molar-refractivity contribution is 9.10. The van der Waals surface area contributed by atoms with Gasteiger partial charge in [-0.05, 0) is 41.3 Å². The molecule has 0 aromatic carbocycles. The van der Waals surface area contributed by atoms with Crippen molar-refractivity contribution in [3.05, 3.63) is 20.8 Å². The zero-order valence-electron chi connectivity index (χ0n) is 12.5. The van der Waals surface area contributed by atoms with Crippen molar-refractivity contribution in [1.82, 2.24) is 4.90 Å². The van der Waals surface area contributed by atoms with Gasteiger partial charge in [0.05, 0.1) is 6.61 Å². The summed E-state index contributed by atoms with van der Waals surface area (Å²) in [5.41, 5.74) is -0.964. The molecule has 1 aromatic rings. The Labute approximate surface area is 142 Å². The number of carbonyl (C=O) groups is 2. The van der Waals surface area contributed by atoms with E-state index in [1.165, 1.54) is 7.11 Å². The molecular weight excluding hydrogens is 370 g/mol. The molecule has 1 unspecified atom stereocenters. The number of rotatable bonds is 6. The van der Waals surface area contributed by atoms with E-state index in [2.05, 4.69) is 15.9 Å². The van der Waals surface area contributed by atoms with Gasteiger partial charge in [0.25, 0.3) is 0 Å². The number of hydrogen-bond donors (Lipinski definition) is 1. The lowest BCUT2D eigenvalue weighted by Gasteiger charge is -2.39. The number of thiophene rings is 1. The minimum Gasteiger partial charge on any atom is -0.481 e. The number of amides is 1. The molecule has 0 radical (unpaired) electrons. The Morgan fingerprint density at radius 1 is 1.55 bits per heavy atom. The monoisotopic (exact) mass is 389 g/mol. The molecule has 1 saturated heterocycles. The highest BCUT2D eigenvalue weighted by Crippen LogP contribution is 2.31. The van der Waals surface area contributed by atoms with Crippen molar-refractivity contribution in [2.45, 2.75) is 25.7 Å². The third-order valence-corrected chi connectivity index (χ3v) is 5.77. The minimum atomic E-state index is -0.964. The summed E-state index contributed by atoms with van der Waals surface area (Å²) in [5.74, 6) is -0.861. The fraction of sp³-hybridized carbons (Fsp3) is 0.600. The normalized spacial score (nSPS) is 21.8. The SMILES string of the molecule is COCC1(C(=O)O)CCCN(C(=O)CCc2cc(Br)cs2)C1. The van der Waals surface area contributed by atoms with Crippen LogP contribution in [0.4, 0.5) is 0 Å². The Bertz CT molecular complexity index is 543. The first kappa shape index (κ1) is 17.4. The van der Waals surface area contributed by atoms with E-state index in [0.29, 0.717) is 32.2 Å². The molecule has 0 spiro atoms. The van der Waals surface area contributed by atoms with E-state index in [1.54, 1.807) is 16.2 Å². The number of carboxylic acid groups (broad SMARTS) is 1. The number of carbonyl (C=O) groups excluding carboxylic acids is 1. The number of ether oxygens (including phenoxy) is 1. The first-order chi connectivity index (χ1) is 10.5. The van der Waals surface area contributed by atoms with E-state index in [1.807, 2.05) is 11.4 Å². The summed E-state index contributed by atoms with van der Waals surface area (Å²) < 4.78 is 6.11. The summed E-state index contributed by atoms with van der Waals surface area (Å²) >= 11 is 5.02. The third-order valence-electron chi connectivity index (χ3n) is 4.01. The lowest BCUT2D eigenvalue weighted by Crippen LogP contribution is -2.52. The van der Waals surface area contributed by atoms with E-state index in [4.69, 9.17) is 4.74 Å². The predicted molar refractivity (Wildman–Crippen MR) is 88.1 cm³/mol. The molecule has 1 N–H and O–H groups in total. The molecule has 0 saturated carbocycles. The topological polar surface area (TPSA) is 66.8 Å². The molecule has 22 heavy (non-hydrogen) atoms. The van der Waals surface area contributed by atoms with Crippen molar-refractivity contribution in [2.24, 2.45) is 5.41 Å². The van der Waals surface area contributed by atoms with Gasteiger partial charge in [-0.2, -0.15) is 0 Å². The van der Waals surface area contributed by atoms with Crippen molar-refractivity contribution in [1.29, 1.82) is 0 Å². The fourth-order valence-corrected chi connectivity index (χ4v) is 4.30. The second-order valence-corrected chi connectivity index (χ2v) is 7.58. The molecule has 2 rings (SSSR count). The molecule has 1 aromatic heterocycles. The van der Waals surface area contributed by atoms with Crippen LogP contribution in [-0.4, -0.2) is 48.7 Å². The van der Waals surface area contributed by atoms with Crippen LogP contribution in [0.15, 0.2) is 15.9 Å². The second kappa shape index (κ2) is 7.57. The molecule has 0 aliphatic carbocycles. The number of aryl methyl sites for hydroxylation is 1. The van der Waals surface area contributed by atoms with Crippen molar-refractivity contribution in [3.8, 4) is 0 Å². The maximum atomic E-state index is 12.4. The van der Waals surface area contributed by atoms with Crippen LogP contribution in [0.25, 0.3) is 0 Å². The molecule has 1 aliphatic heterocycles. The average molecular weight is 390 g/mol. The molecule has 2 heterocycles. The van der Waals surface area contributed by atoms with Crippen molar-refractivity contribution in [3.63, 3.8) is 0 Å². The number of hydrogen-bond acceptors (Lipinski definition) is 4. The van der Waals surface area contributed by atoms with Gasteiger partial charge in [0.1, 0.15) is 5.41 Å². The first-order valence-corrected chi connectivity index (χ1v) is 8.87. The number of nitrogens with zero attached hydrogens (tertiary/aromatic N) is 1. The van der Waals surface area contributed by atoms with Crippen molar-refractivity contribution in [2.75, 3.05) is 26.8 Å². The highest BCUT2D eigenvalue weighted by atomic mass is 79.9. The van der Waals surface area contributed by atoms with Crippen LogP contribution in [0.3, 0.4) is 0 Å². The molecule has 5 nitrogen and oxygen atoms in total. The van der Waals surface area contributed by atoms with Gasteiger partial charge in [0, 0.05) is 41.4 Å². The molecular formula is C15H20BrNO4S. The van der Waals surface area contributed by atoms with Crippen LogP contribution in [0.5, 0.6) is 0 Å². The maximum absolute atomic E-state index is 12.4. The van der Waals surface area contributed by atoms with E-state index < -0.39 is 11.4 Å². The Morgan fingerprint density at radius 3 is 2.91 bits per heavy atom. The number of piperidine rings is 1. The van der Waals surface area contributed by atoms with Gasteiger partial charge in [0.15, 0.2) is 0 Å². The largest absolute Gasteiger partial charge is 0.481 e. The number of halogens is 1. The molecule has 122 valence electrons. The zero-order valence-corrected chi connectivity index (χ0v) is 14.9. The minimum absolute atomic E-state index is 0.0194. The van der Waals surface area contributed by atoms with Crippen LogP contribution in [-0.2, 0) is 20.7 Å². The van der Waals surface area contributed by atoms with Gasteiger partial charge < -0.3 is 14.7 Å². The summed E-state index contributed by atoms with van der Waals surface area (Å²) in [6, 6.07) is 2.01. The maximum Gasteiger partial charge on any atom is 0.313 e. The summed E-state index contributed by atoms with van der Waals surface area (Å²) in [4.78, 5) is 26.8. The van der Waals surface area contributed by atoms with E-state index in [9.17, 15) is 14.7 Å². The number of aliphatic carboxylic acids is 1. The van der Waals surface area contributed by atoms with Crippen molar-refractivity contribution >= 4 is 39.1 Å². The second-order valence-electron chi connectivity index (χ2n) is 5.67. The van der Waals surface area contributed by atoms with E-state index in [0.717, 1.165) is 9.35 Å². The van der Waals surface area contributed by atoms with Gasteiger partial charge >= 0.3 is 5.97 Å². The Hall–Kier alpha value is -0.920. The lowest BCUT2D eigenvalue weighted by atomic mass is 9.80. The molecule has 0 bridgehead atoms. The zero-order chi connectivity index (χ0) is 16.2. The highest BCUT2D eigenvalue weighted by Gasteiger charge is 2.43. The predicted octanol–water partition coefficient (Wildman–Crippen LogP) is 2.78. The third kappa shape index (κ3) is 4.08. The molecule has 1 fully saturated rings. The Kier molecular flexibility index (Phi) is 6.00. The number of methoxy groups -OCH3 is 1. The number of carboxylic acids is 1. The molecule has 7 heteroatoms. The Balaban J connectivity index is 1.95. The quantitative estimate of drug-likeness (QED) is 0.811. The summed E-state index contributed by atoms with van der Waals surface area (Å²) in [6.07, 6.45) is 2.36. The van der Waals surface area contributed by atoms with Crippen LogP contribution in [0.2, 0.25) is 0 Å². The van der Waals surface area contributed by atoms with Crippen molar-refractivity contribution < 1.29 is 19.4 Å². The lowest BCUT2D eigenvalue weighted by molar-refractivity contribution is -0.159. The van der Waals surface area contributed by atoms with E-state index >= 15 is 0 Å². The van der Waals surface area contributed by atoms with Crippen LogP contribution < -0.4 is 0 Å². The standard InChI is InChI=1S/C15H20BrNO4S/c1-21-10-15(14(19)20)5-2-6-17(9-15)13(18)4-3-12-7-11(16)8-22-12/h7-8H,2-6,9-10H2,1H3,(H,19,20). The van der Waals surface area contributed by atoms with Crippen LogP contribution in [0.1, 0.15) is 24.1 Å². The average Bonchev–Trinajstić information content (AvgIpc) is 2.91. The molecule has 1 amide bonds. The van der Waals surface area contributed by atoms with E-state index in [-0.39, 0.29) is 19.1 Å². The number of likely N-dealkylation sites (tertiary alicyclic amines) is 1. The molecule has 1 atom stereocenters. The summed E-state index contributed by atoms with van der Waals surface area (Å²) in [7, 11) is 1.50. The van der Waals surface area contributed by atoms with Gasteiger partial charge in [-0.3, -0.25) is 9.59 Å². The Morgan fingerprint density at radius 2 is 2.32 bits per heavy atom. The molecule has 1 aliphatic rings. The van der Waals surface area contributed by atoms with Gasteiger partial charge in [-0.1, -0.05) is 0 Å². The van der Waals surface area contributed by atoms with Crippen LogP contribution in [0, 0.1) is 5.41 Å². The van der Waals surface area contributed by atoms with Gasteiger partial charge in [-0.15, -0.1) is 11.3 Å². The fourth-order valence-electron chi connectivity index (χ4n) is 2.85. The smallest absolute Gasteiger partial charge is 0.313 e. The van der Waals surface area contributed by atoms with Gasteiger partial charge in [0.2, 0.25) is 5.91 Å².